The van der Waals surface area contributed by atoms with E-state index in [1.54, 1.807) is 24.6 Å². The van der Waals surface area contributed by atoms with Gasteiger partial charge >= 0.3 is 5.97 Å². The molecule has 6 nitrogen and oxygen atoms in total. The minimum absolute atomic E-state index is 0.210. The Kier molecular flexibility index (Phi) is 9.12. The molecule has 3 aromatic rings. The Hall–Kier alpha value is -2.48. The lowest BCUT2D eigenvalue weighted by molar-refractivity contribution is -0.137. The van der Waals surface area contributed by atoms with E-state index in [9.17, 15) is 15.0 Å². The van der Waals surface area contributed by atoms with E-state index in [-0.39, 0.29) is 6.42 Å². The number of piperidine rings is 1. The maximum Gasteiger partial charge on any atom is 0.303 e. The summed E-state index contributed by atoms with van der Waals surface area (Å²) >= 11 is 1.74. The number of ether oxygens (including phenoxy) is 1. The summed E-state index contributed by atoms with van der Waals surface area (Å²) in [6, 6.07) is 9.82. The van der Waals surface area contributed by atoms with Gasteiger partial charge in [-0.2, -0.15) is 11.3 Å². The van der Waals surface area contributed by atoms with Crippen molar-refractivity contribution in [3.8, 4) is 5.75 Å². The van der Waals surface area contributed by atoms with E-state index in [0.29, 0.717) is 24.7 Å². The molecule has 1 aliphatic rings. The summed E-state index contributed by atoms with van der Waals surface area (Å²) in [7, 11) is 1.64. The van der Waals surface area contributed by atoms with Crippen LogP contribution in [0.1, 0.15) is 55.8 Å². The molecule has 0 aliphatic carbocycles. The molecule has 3 atom stereocenters. The minimum Gasteiger partial charge on any atom is -0.497 e. The fourth-order valence-electron chi connectivity index (χ4n) is 5.41. The van der Waals surface area contributed by atoms with Gasteiger partial charge in [0.2, 0.25) is 0 Å². The molecule has 2 aromatic heterocycles. The number of nitrogens with zero attached hydrogens (tertiary/aromatic N) is 2. The number of carboxylic acid groups (broad SMARTS) is 1. The lowest BCUT2D eigenvalue weighted by atomic mass is 9.79. The van der Waals surface area contributed by atoms with Gasteiger partial charge in [0.25, 0.3) is 0 Å². The molecule has 1 fully saturated rings. The number of aliphatic carboxylic acids is 1. The normalized spacial score (nSPS) is 19.6. The highest BCUT2D eigenvalue weighted by molar-refractivity contribution is 7.07. The van der Waals surface area contributed by atoms with Crippen molar-refractivity contribution in [2.75, 3.05) is 26.7 Å². The number of thiophene rings is 1. The van der Waals surface area contributed by atoms with Crippen LogP contribution in [0.5, 0.6) is 5.75 Å². The Labute approximate surface area is 211 Å². The molecule has 3 heterocycles. The summed E-state index contributed by atoms with van der Waals surface area (Å²) in [4.78, 5) is 18.2. The first-order chi connectivity index (χ1) is 17.0. The molecule has 4 rings (SSSR count). The van der Waals surface area contributed by atoms with Crippen molar-refractivity contribution < 1.29 is 19.7 Å². The van der Waals surface area contributed by atoms with Crippen LogP contribution in [0.2, 0.25) is 0 Å². The van der Waals surface area contributed by atoms with E-state index in [1.165, 1.54) is 5.56 Å². The fourth-order valence-corrected chi connectivity index (χ4v) is 6.11. The topological polar surface area (TPSA) is 82.9 Å². The van der Waals surface area contributed by atoms with E-state index >= 15 is 0 Å². The third kappa shape index (κ3) is 7.03. The van der Waals surface area contributed by atoms with Crippen LogP contribution in [0.25, 0.3) is 10.9 Å². The Morgan fingerprint density at radius 2 is 2.14 bits per heavy atom. The van der Waals surface area contributed by atoms with Gasteiger partial charge in [-0.3, -0.25) is 9.78 Å². The average molecular weight is 497 g/mol. The van der Waals surface area contributed by atoms with Crippen molar-refractivity contribution in [1.29, 1.82) is 0 Å². The molecule has 1 saturated heterocycles. The number of aliphatic hydroxyl groups is 1. The van der Waals surface area contributed by atoms with Gasteiger partial charge in [0, 0.05) is 24.5 Å². The van der Waals surface area contributed by atoms with Crippen LogP contribution in [-0.2, 0) is 11.2 Å². The molecule has 0 bridgehead atoms. The van der Waals surface area contributed by atoms with Gasteiger partial charge < -0.3 is 19.8 Å². The lowest BCUT2D eigenvalue weighted by Gasteiger charge is -2.39. The molecular weight excluding hydrogens is 460 g/mol. The van der Waals surface area contributed by atoms with Crippen LogP contribution in [0.4, 0.5) is 0 Å². The van der Waals surface area contributed by atoms with Gasteiger partial charge in [0.05, 0.1) is 18.7 Å². The lowest BCUT2D eigenvalue weighted by Crippen LogP contribution is -2.41. The third-order valence-electron chi connectivity index (χ3n) is 7.38. The second-order valence-corrected chi connectivity index (χ2v) is 10.4. The van der Waals surface area contributed by atoms with Crippen molar-refractivity contribution in [3.05, 3.63) is 58.4 Å². The molecule has 0 saturated carbocycles. The van der Waals surface area contributed by atoms with Crippen LogP contribution < -0.4 is 4.74 Å². The standard InChI is InChI=1S/C28H36N2O4S/c1-34-23-6-7-26-25(17-23)24(10-13-29-26)27(31)8-4-21-11-15-30(18-22(21)5-9-28(32)33)14-2-3-20-12-16-35-19-20/h6-7,10,12-13,16-17,19,21-22,27,31H,2-5,8-9,11,14-15,18H2,1H3,(H,32,33)/t21?,22?,27-/m0/s1. The summed E-state index contributed by atoms with van der Waals surface area (Å²) in [5.74, 6) is 0.803. The Morgan fingerprint density at radius 3 is 2.91 bits per heavy atom. The van der Waals surface area contributed by atoms with E-state index < -0.39 is 12.1 Å². The summed E-state index contributed by atoms with van der Waals surface area (Å²) in [5.41, 5.74) is 3.13. The van der Waals surface area contributed by atoms with E-state index in [4.69, 9.17) is 4.74 Å². The first-order valence-electron chi connectivity index (χ1n) is 12.6. The second kappa shape index (κ2) is 12.5. The number of likely N-dealkylation sites (tertiary alicyclic amines) is 1. The maximum absolute atomic E-state index is 11.3. The number of methoxy groups -OCH3 is 1. The highest BCUT2D eigenvalue weighted by atomic mass is 32.1. The zero-order valence-corrected chi connectivity index (χ0v) is 21.3. The Morgan fingerprint density at radius 1 is 1.26 bits per heavy atom. The maximum atomic E-state index is 11.3. The van der Waals surface area contributed by atoms with Gasteiger partial charge in [-0.1, -0.05) is 0 Å². The number of benzene rings is 1. The molecule has 2 unspecified atom stereocenters. The average Bonchev–Trinajstić information content (AvgIpc) is 3.39. The predicted molar refractivity (Wildman–Crippen MR) is 140 cm³/mol. The van der Waals surface area contributed by atoms with Crippen LogP contribution >= 0.6 is 11.3 Å². The number of aryl methyl sites for hydroxylation is 1. The van der Waals surface area contributed by atoms with Crippen LogP contribution in [0.3, 0.4) is 0 Å². The van der Waals surface area contributed by atoms with E-state index in [1.807, 2.05) is 24.3 Å². The van der Waals surface area contributed by atoms with Crippen LogP contribution in [0.15, 0.2) is 47.3 Å². The number of carbonyl (C=O) groups is 1. The number of pyridine rings is 1. The van der Waals surface area contributed by atoms with E-state index in [0.717, 1.165) is 67.5 Å². The number of carboxylic acids is 1. The molecular formula is C28H36N2O4S. The molecule has 0 spiro atoms. The zero-order valence-electron chi connectivity index (χ0n) is 20.4. The third-order valence-corrected chi connectivity index (χ3v) is 8.11. The first kappa shape index (κ1) is 25.6. The number of hydrogen-bond acceptors (Lipinski definition) is 6. The highest BCUT2D eigenvalue weighted by Crippen LogP contribution is 2.35. The van der Waals surface area contributed by atoms with Gasteiger partial charge in [0.1, 0.15) is 5.75 Å². The van der Waals surface area contributed by atoms with Crippen LogP contribution in [-0.4, -0.2) is 52.8 Å². The summed E-state index contributed by atoms with van der Waals surface area (Å²) in [5, 5.41) is 25.7. The number of aliphatic hydroxyl groups excluding tert-OH is 1. The Bertz CT molecular complexity index is 1090. The minimum atomic E-state index is -0.726. The van der Waals surface area contributed by atoms with Crippen molar-refractivity contribution in [2.45, 2.75) is 51.0 Å². The SMILES string of the molecule is COc1ccc2nccc([C@@H](O)CCC3CCN(CCCc4ccsc4)CC3CCC(=O)O)c2c1. The summed E-state index contributed by atoms with van der Waals surface area (Å²) in [6.07, 6.45) is 6.90. The number of fused-ring (bicyclic) bond motifs is 1. The monoisotopic (exact) mass is 496 g/mol. The van der Waals surface area contributed by atoms with Crippen LogP contribution in [0, 0.1) is 11.8 Å². The van der Waals surface area contributed by atoms with Gasteiger partial charge in [-0.05, 0) is 116 Å². The smallest absolute Gasteiger partial charge is 0.303 e. The van der Waals surface area contributed by atoms with Gasteiger partial charge in [-0.25, -0.2) is 0 Å². The van der Waals surface area contributed by atoms with Gasteiger partial charge in [-0.15, -0.1) is 0 Å². The van der Waals surface area contributed by atoms with Gasteiger partial charge in [0.15, 0.2) is 0 Å². The molecule has 35 heavy (non-hydrogen) atoms. The summed E-state index contributed by atoms with van der Waals surface area (Å²) < 4.78 is 5.37. The molecule has 188 valence electrons. The molecule has 0 radical (unpaired) electrons. The largest absolute Gasteiger partial charge is 0.497 e. The highest BCUT2D eigenvalue weighted by Gasteiger charge is 2.30. The molecule has 2 N–H and O–H groups in total. The van der Waals surface area contributed by atoms with Crippen molar-refractivity contribution in [3.63, 3.8) is 0 Å². The summed E-state index contributed by atoms with van der Waals surface area (Å²) in [6.45, 7) is 3.05. The second-order valence-electron chi connectivity index (χ2n) is 9.65. The predicted octanol–water partition coefficient (Wildman–Crippen LogP) is 5.55. The van der Waals surface area contributed by atoms with Crippen molar-refractivity contribution >= 4 is 28.2 Å². The molecule has 0 amide bonds. The first-order valence-corrected chi connectivity index (χ1v) is 13.5. The van der Waals surface area contributed by atoms with E-state index in [2.05, 4.69) is 26.7 Å². The number of aromatic nitrogens is 1. The fraction of sp³-hybridized carbons (Fsp3) is 0.500. The Balaban J connectivity index is 1.36. The van der Waals surface area contributed by atoms with Crippen molar-refractivity contribution in [2.24, 2.45) is 11.8 Å². The molecule has 7 heteroatoms. The number of hydrogen-bond donors (Lipinski definition) is 2. The van der Waals surface area contributed by atoms with Crippen molar-refractivity contribution in [1.82, 2.24) is 9.88 Å². The number of rotatable bonds is 12. The zero-order chi connectivity index (χ0) is 24.6. The molecule has 1 aliphatic heterocycles. The molecule has 1 aromatic carbocycles. The quantitative estimate of drug-likeness (QED) is 0.342.